The maximum absolute atomic E-state index is 13.2. The Kier molecular flexibility index (Phi) is 6.25. The maximum atomic E-state index is 13.2. The number of benzene rings is 1. The van der Waals surface area contributed by atoms with Gasteiger partial charge >= 0.3 is 0 Å². The van der Waals surface area contributed by atoms with Gasteiger partial charge in [0.25, 0.3) is 5.91 Å². The van der Waals surface area contributed by atoms with Crippen molar-refractivity contribution in [2.24, 2.45) is 5.73 Å². The lowest BCUT2D eigenvalue weighted by Gasteiger charge is -2.05. The molecule has 0 unspecified atom stereocenters. The summed E-state index contributed by atoms with van der Waals surface area (Å²) in [6.45, 7) is 1.29. The first-order chi connectivity index (χ1) is 8.25. The minimum Gasteiger partial charge on any atom is -0.352 e. The molecule has 0 heterocycles. The molecule has 3 N–H and O–H groups in total. The van der Waals surface area contributed by atoms with Crippen molar-refractivity contribution in [1.29, 1.82) is 0 Å². The van der Waals surface area contributed by atoms with Gasteiger partial charge in [0.05, 0.1) is 5.56 Å². The molecule has 0 bridgehead atoms. The Hall–Kier alpha value is -1.42. The van der Waals surface area contributed by atoms with Gasteiger partial charge in [0.2, 0.25) is 0 Å². The molecule has 1 amide bonds. The lowest BCUT2D eigenvalue weighted by Crippen LogP contribution is -2.25. The fraction of sp³-hybridized carbons (Fsp3) is 0.462. The molecule has 0 atom stereocenters. The van der Waals surface area contributed by atoms with E-state index in [1.807, 2.05) is 0 Å². The van der Waals surface area contributed by atoms with Crippen molar-refractivity contribution in [2.75, 3.05) is 13.1 Å². The monoisotopic (exact) mass is 238 g/mol. The van der Waals surface area contributed by atoms with Crippen molar-refractivity contribution in [3.8, 4) is 0 Å². The number of carbonyl (C=O) groups is 1. The molecule has 0 saturated heterocycles. The summed E-state index contributed by atoms with van der Waals surface area (Å²) in [5.41, 5.74) is 5.48. The Morgan fingerprint density at radius 1 is 1.18 bits per heavy atom. The minimum atomic E-state index is -0.479. The van der Waals surface area contributed by atoms with Crippen LogP contribution in [0.4, 0.5) is 4.39 Å². The van der Waals surface area contributed by atoms with Gasteiger partial charge in [-0.3, -0.25) is 4.79 Å². The van der Waals surface area contributed by atoms with Gasteiger partial charge in [0.1, 0.15) is 5.82 Å². The Bertz CT molecular complexity index is 355. The van der Waals surface area contributed by atoms with Crippen LogP contribution >= 0.6 is 0 Å². The van der Waals surface area contributed by atoms with E-state index in [0.717, 1.165) is 25.7 Å². The summed E-state index contributed by atoms with van der Waals surface area (Å²) >= 11 is 0. The molecular weight excluding hydrogens is 219 g/mol. The number of rotatable bonds is 7. The number of amides is 1. The standard InChI is InChI=1S/C13H19FN2O/c14-12-8-4-3-7-11(12)13(17)16-10-6-2-1-5-9-15/h3-4,7-8H,1-2,5-6,9-10,15H2,(H,16,17). The van der Waals surface area contributed by atoms with Crippen molar-refractivity contribution >= 4 is 5.91 Å². The van der Waals surface area contributed by atoms with E-state index in [-0.39, 0.29) is 11.5 Å². The van der Waals surface area contributed by atoms with E-state index in [1.54, 1.807) is 12.1 Å². The van der Waals surface area contributed by atoms with Crippen LogP contribution in [-0.2, 0) is 0 Å². The largest absolute Gasteiger partial charge is 0.352 e. The number of unbranched alkanes of at least 4 members (excludes halogenated alkanes) is 3. The number of hydrogen-bond donors (Lipinski definition) is 2. The van der Waals surface area contributed by atoms with Gasteiger partial charge in [0.15, 0.2) is 0 Å². The van der Waals surface area contributed by atoms with Crippen molar-refractivity contribution < 1.29 is 9.18 Å². The average molecular weight is 238 g/mol. The zero-order valence-corrected chi connectivity index (χ0v) is 9.92. The second-order valence-electron chi connectivity index (χ2n) is 3.94. The molecule has 0 spiro atoms. The number of halogens is 1. The third-order valence-electron chi connectivity index (χ3n) is 2.53. The van der Waals surface area contributed by atoms with Crippen molar-refractivity contribution in [3.05, 3.63) is 35.6 Å². The van der Waals surface area contributed by atoms with E-state index < -0.39 is 5.82 Å². The van der Waals surface area contributed by atoms with Gasteiger partial charge in [-0.1, -0.05) is 25.0 Å². The SMILES string of the molecule is NCCCCCCNC(=O)c1ccccc1F. The van der Waals surface area contributed by atoms with Crippen LogP contribution in [0.2, 0.25) is 0 Å². The van der Waals surface area contributed by atoms with E-state index in [4.69, 9.17) is 5.73 Å². The zero-order valence-electron chi connectivity index (χ0n) is 9.92. The van der Waals surface area contributed by atoms with Crippen molar-refractivity contribution in [3.63, 3.8) is 0 Å². The molecule has 1 aromatic rings. The molecule has 0 aliphatic carbocycles. The first-order valence-corrected chi connectivity index (χ1v) is 5.98. The molecule has 0 aromatic heterocycles. The molecule has 94 valence electrons. The van der Waals surface area contributed by atoms with Crippen LogP contribution in [0.15, 0.2) is 24.3 Å². The second-order valence-corrected chi connectivity index (χ2v) is 3.94. The smallest absolute Gasteiger partial charge is 0.254 e. The van der Waals surface area contributed by atoms with Crippen LogP contribution in [0.5, 0.6) is 0 Å². The summed E-state index contributed by atoms with van der Waals surface area (Å²) in [6.07, 6.45) is 4.03. The van der Waals surface area contributed by atoms with Crippen LogP contribution in [-0.4, -0.2) is 19.0 Å². The predicted octanol–water partition coefficient (Wildman–Crippen LogP) is 2.07. The Labute approximate surface area is 101 Å². The molecule has 0 aliphatic rings. The van der Waals surface area contributed by atoms with Crippen LogP contribution < -0.4 is 11.1 Å². The normalized spacial score (nSPS) is 10.2. The predicted molar refractivity (Wildman–Crippen MR) is 66.3 cm³/mol. The molecule has 3 nitrogen and oxygen atoms in total. The summed E-state index contributed by atoms with van der Waals surface area (Å²) in [6, 6.07) is 5.99. The number of hydrogen-bond acceptors (Lipinski definition) is 2. The topological polar surface area (TPSA) is 55.1 Å². The highest BCUT2D eigenvalue weighted by molar-refractivity contribution is 5.94. The second kappa shape index (κ2) is 7.79. The number of nitrogens with two attached hydrogens (primary N) is 1. The van der Waals surface area contributed by atoms with Gasteiger partial charge in [0, 0.05) is 6.54 Å². The number of carbonyl (C=O) groups excluding carboxylic acids is 1. The van der Waals surface area contributed by atoms with Crippen LogP contribution in [0.1, 0.15) is 36.0 Å². The highest BCUT2D eigenvalue weighted by Gasteiger charge is 2.09. The molecule has 1 aromatic carbocycles. The van der Waals surface area contributed by atoms with E-state index in [2.05, 4.69) is 5.32 Å². The maximum Gasteiger partial charge on any atom is 0.254 e. The fourth-order valence-corrected chi connectivity index (χ4v) is 1.57. The van der Waals surface area contributed by atoms with E-state index >= 15 is 0 Å². The highest BCUT2D eigenvalue weighted by Crippen LogP contribution is 2.06. The minimum absolute atomic E-state index is 0.106. The molecule has 4 heteroatoms. The summed E-state index contributed by atoms with van der Waals surface area (Å²) < 4.78 is 13.2. The van der Waals surface area contributed by atoms with Crippen LogP contribution in [0, 0.1) is 5.82 Å². The quantitative estimate of drug-likeness (QED) is 0.714. The van der Waals surface area contributed by atoms with Gasteiger partial charge in [-0.25, -0.2) is 4.39 Å². The fourth-order valence-electron chi connectivity index (χ4n) is 1.57. The molecule has 0 fully saturated rings. The lowest BCUT2D eigenvalue weighted by molar-refractivity contribution is 0.0949. The summed E-state index contributed by atoms with van der Waals surface area (Å²) in [4.78, 5) is 11.6. The van der Waals surface area contributed by atoms with Gasteiger partial charge in [-0.2, -0.15) is 0 Å². The molecule has 0 radical (unpaired) electrons. The summed E-state index contributed by atoms with van der Waals surface area (Å²) in [5.74, 6) is -0.824. The summed E-state index contributed by atoms with van der Waals surface area (Å²) in [7, 11) is 0. The van der Waals surface area contributed by atoms with E-state index in [9.17, 15) is 9.18 Å². The third-order valence-corrected chi connectivity index (χ3v) is 2.53. The third kappa shape index (κ3) is 4.95. The first kappa shape index (κ1) is 13.6. The van der Waals surface area contributed by atoms with Crippen molar-refractivity contribution in [2.45, 2.75) is 25.7 Å². The molecule has 0 saturated carbocycles. The molecular formula is C13H19FN2O. The van der Waals surface area contributed by atoms with Crippen LogP contribution in [0.25, 0.3) is 0 Å². The average Bonchev–Trinajstić information content (AvgIpc) is 2.34. The molecule has 1 rings (SSSR count). The number of nitrogens with one attached hydrogen (secondary N) is 1. The highest BCUT2D eigenvalue weighted by atomic mass is 19.1. The summed E-state index contributed by atoms with van der Waals surface area (Å²) in [5, 5.41) is 2.71. The van der Waals surface area contributed by atoms with Crippen LogP contribution in [0.3, 0.4) is 0 Å². The van der Waals surface area contributed by atoms with Crippen molar-refractivity contribution in [1.82, 2.24) is 5.32 Å². The Morgan fingerprint density at radius 3 is 2.59 bits per heavy atom. The van der Waals surface area contributed by atoms with E-state index in [1.165, 1.54) is 12.1 Å². The first-order valence-electron chi connectivity index (χ1n) is 5.98. The van der Waals surface area contributed by atoms with Gasteiger partial charge in [-0.15, -0.1) is 0 Å². The Balaban J connectivity index is 2.24. The van der Waals surface area contributed by atoms with Gasteiger partial charge < -0.3 is 11.1 Å². The lowest BCUT2D eigenvalue weighted by atomic mass is 10.1. The molecule has 0 aliphatic heterocycles. The van der Waals surface area contributed by atoms with E-state index in [0.29, 0.717) is 13.1 Å². The van der Waals surface area contributed by atoms with Gasteiger partial charge in [-0.05, 0) is 31.5 Å². The zero-order chi connectivity index (χ0) is 12.5. The Morgan fingerprint density at radius 2 is 1.88 bits per heavy atom. The molecule has 17 heavy (non-hydrogen) atoms.